The lowest BCUT2D eigenvalue weighted by Gasteiger charge is -2.08. The van der Waals surface area contributed by atoms with E-state index in [2.05, 4.69) is 10.1 Å². The van der Waals surface area contributed by atoms with Crippen LogP contribution in [0.5, 0.6) is 5.75 Å². The Morgan fingerprint density at radius 3 is 2.50 bits per heavy atom. The molecular weight excluding hydrogens is 223 g/mol. The minimum Gasteiger partial charge on any atom is -0.491 e. The minimum absolute atomic E-state index is 0.175. The zero-order valence-electron chi connectivity index (χ0n) is 8.73. The predicted octanol–water partition coefficient (Wildman–Crippen LogP) is 1.51. The molecule has 0 saturated carbocycles. The van der Waals surface area contributed by atoms with Gasteiger partial charge in [-0.05, 0) is 13.1 Å². The van der Waals surface area contributed by atoms with Crippen molar-refractivity contribution in [1.29, 1.82) is 0 Å². The van der Waals surface area contributed by atoms with Crippen LogP contribution >= 0.6 is 0 Å². The molecule has 6 heteroatoms. The van der Waals surface area contributed by atoms with E-state index in [1.54, 1.807) is 0 Å². The highest BCUT2D eigenvalue weighted by molar-refractivity contribution is 5.98. The summed E-state index contributed by atoms with van der Waals surface area (Å²) >= 11 is 0. The van der Waals surface area contributed by atoms with Gasteiger partial charge in [0.2, 0.25) is 5.82 Å². The zero-order valence-corrected chi connectivity index (χ0v) is 8.73. The van der Waals surface area contributed by atoms with Crippen LogP contribution in [0.2, 0.25) is 0 Å². The van der Waals surface area contributed by atoms with Crippen LogP contribution in [0.1, 0.15) is 10.4 Å². The number of hydrogen-bond acceptors (Lipinski definition) is 3. The van der Waals surface area contributed by atoms with Crippen molar-refractivity contribution in [2.75, 3.05) is 20.7 Å². The Bertz CT molecular complexity index is 421. The molecule has 0 atom stereocenters. The average molecular weight is 233 g/mol. The Hall–Kier alpha value is -1.56. The number of nitrogens with one attached hydrogen (secondary N) is 1. The fourth-order valence-corrected chi connectivity index (χ4v) is 1.22. The van der Waals surface area contributed by atoms with E-state index in [-0.39, 0.29) is 6.54 Å². The highest BCUT2D eigenvalue weighted by Crippen LogP contribution is 2.27. The second kappa shape index (κ2) is 4.98. The molecule has 0 amide bonds. The van der Waals surface area contributed by atoms with Gasteiger partial charge in [0.05, 0.1) is 19.2 Å². The molecule has 0 radical (unpaired) electrons. The Morgan fingerprint density at radius 2 is 2.00 bits per heavy atom. The number of ketones is 1. The third-order valence-electron chi connectivity index (χ3n) is 1.96. The molecule has 0 heterocycles. The summed E-state index contributed by atoms with van der Waals surface area (Å²) in [5.41, 5.74) is -0.537. The molecule has 1 aromatic carbocycles. The van der Waals surface area contributed by atoms with Gasteiger partial charge in [0.15, 0.2) is 23.2 Å². The van der Waals surface area contributed by atoms with Crippen molar-refractivity contribution in [3.8, 4) is 5.75 Å². The van der Waals surface area contributed by atoms with E-state index in [9.17, 15) is 18.0 Å². The van der Waals surface area contributed by atoms with Crippen molar-refractivity contribution in [3.05, 3.63) is 29.1 Å². The van der Waals surface area contributed by atoms with E-state index >= 15 is 0 Å². The quantitative estimate of drug-likeness (QED) is 0.633. The maximum Gasteiger partial charge on any atom is 0.203 e. The zero-order chi connectivity index (χ0) is 12.3. The predicted molar refractivity (Wildman–Crippen MR) is 51.1 cm³/mol. The molecule has 0 bridgehead atoms. The van der Waals surface area contributed by atoms with Crippen LogP contribution in [0.25, 0.3) is 0 Å². The van der Waals surface area contributed by atoms with E-state index in [0.717, 1.165) is 7.11 Å². The first-order valence-electron chi connectivity index (χ1n) is 4.42. The van der Waals surface area contributed by atoms with Crippen molar-refractivity contribution in [2.45, 2.75) is 0 Å². The van der Waals surface area contributed by atoms with Gasteiger partial charge in [0, 0.05) is 0 Å². The Morgan fingerprint density at radius 1 is 1.38 bits per heavy atom. The van der Waals surface area contributed by atoms with Crippen LogP contribution < -0.4 is 10.1 Å². The van der Waals surface area contributed by atoms with E-state index in [0.29, 0.717) is 6.07 Å². The molecule has 1 aromatic rings. The lowest BCUT2D eigenvalue weighted by Crippen LogP contribution is -2.20. The summed E-state index contributed by atoms with van der Waals surface area (Å²) in [7, 11) is 2.47. The SMILES string of the molecule is CNCC(=O)c1cc(F)c(F)c(OC)c1F. The summed E-state index contributed by atoms with van der Waals surface area (Å²) in [4.78, 5) is 11.4. The monoisotopic (exact) mass is 233 g/mol. The summed E-state index contributed by atoms with van der Waals surface area (Å²) in [6, 6.07) is 0.521. The molecule has 3 nitrogen and oxygen atoms in total. The molecule has 0 fully saturated rings. The van der Waals surface area contributed by atoms with Crippen LogP contribution in [0, 0.1) is 17.5 Å². The van der Waals surface area contributed by atoms with Crippen molar-refractivity contribution in [1.82, 2.24) is 5.32 Å². The first-order valence-corrected chi connectivity index (χ1v) is 4.42. The number of carbonyl (C=O) groups is 1. The van der Waals surface area contributed by atoms with Crippen molar-refractivity contribution < 1.29 is 22.7 Å². The fourth-order valence-electron chi connectivity index (χ4n) is 1.22. The van der Waals surface area contributed by atoms with E-state index in [1.165, 1.54) is 7.05 Å². The summed E-state index contributed by atoms with van der Waals surface area (Å²) in [5, 5.41) is 2.49. The van der Waals surface area contributed by atoms with Crippen molar-refractivity contribution in [2.24, 2.45) is 0 Å². The first kappa shape index (κ1) is 12.5. The van der Waals surface area contributed by atoms with Crippen LogP contribution in [-0.2, 0) is 0 Å². The van der Waals surface area contributed by atoms with Crippen LogP contribution in [-0.4, -0.2) is 26.5 Å². The molecule has 16 heavy (non-hydrogen) atoms. The lowest BCUT2D eigenvalue weighted by molar-refractivity contribution is 0.0988. The van der Waals surface area contributed by atoms with Crippen LogP contribution in [0.15, 0.2) is 6.07 Å². The fraction of sp³-hybridized carbons (Fsp3) is 0.300. The molecule has 0 unspecified atom stereocenters. The summed E-state index contributed by atoms with van der Waals surface area (Å²) in [5.74, 6) is -5.53. The molecular formula is C10H10F3NO2. The molecule has 1 N–H and O–H groups in total. The van der Waals surface area contributed by atoms with Crippen LogP contribution in [0.3, 0.4) is 0 Å². The van der Waals surface area contributed by atoms with Gasteiger partial charge in [0.1, 0.15) is 0 Å². The smallest absolute Gasteiger partial charge is 0.203 e. The number of halogens is 3. The number of hydrogen-bond donors (Lipinski definition) is 1. The molecule has 0 spiro atoms. The standard InChI is InChI=1S/C10H10F3NO2/c1-14-4-7(15)5-3-6(11)9(13)10(16-2)8(5)12/h3,14H,4H2,1-2H3. The lowest BCUT2D eigenvalue weighted by atomic mass is 10.1. The van der Waals surface area contributed by atoms with E-state index < -0.39 is 34.5 Å². The van der Waals surface area contributed by atoms with E-state index in [4.69, 9.17) is 0 Å². The molecule has 0 aromatic heterocycles. The minimum atomic E-state index is -1.44. The summed E-state index contributed by atoms with van der Waals surface area (Å²) in [6.07, 6.45) is 0. The second-order valence-corrected chi connectivity index (χ2v) is 3.02. The maximum atomic E-state index is 13.5. The highest BCUT2D eigenvalue weighted by Gasteiger charge is 2.22. The third kappa shape index (κ3) is 2.16. The van der Waals surface area contributed by atoms with Gasteiger partial charge in [-0.2, -0.15) is 4.39 Å². The normalized spacial score (nSPS) is 10.3. The van der Waals surface area contributed by atoms with Gasteiger partial charge in [-0.15, -0.1) is 0 Å². The third-order valence-corrected chi connectivity index (χ3v) is 1.96. The Labute approximate surface area is 90.2 Å². The number of rotatable bonds is 4. The van der Waals surface area contributed by atoms with Gasteiger partial charge in [-0.1, -0.05) is 0 Å². The van der Waals surface area contributed by atoms with Crippen molar-refractivity contribution in [3.63, 3.8) is 0 Å². The second-order valence-electron chi connectivity index (χ2n) is 3.02. The number of benzene rings is 1. The number of carbonyl (C=O) groups excluding carboxylic acids is 1. The molecule has 1 rings (SSSR count). The summed E-state index contributed by atoms with van der Waals surface area (Å²) < 4.78 is 43.9. The molecule has 88 valence electrons. The van der Waals surface area contributed by atoms with Crippen molar-refractivity contribution >= 4 is 5.78 Å². The molecule has 0 saturated heterocycles. The topological polar surface area (TPSA) is 38.3 Å². The van der Waals surface area contributed by atoms with Gasteiger partial charge in [0.25, 0.3) is 0 Å². The van der Waals surface area contributed by atoms with Gasteiger partial charge < -0.3 is 10.1 Å². The van der Waals surface area contributed by atoms with Gasteiger partial charge >= 0.3 is 0 Å². The largest absolute Gasteiger partial charge is 0.491 e. The van der Waals surface area contributed by atoms with Gasteiger partial charge in [-0.3, -0.25) is 4.79 Å². The van der Waals surface area contributed by atoms with E-state index in [1.807, 2.05) is 0 Å². The first-order chi connectivity index (χ1) is 7.52. The number of likely N-dealkylation sites (N-methyl/N-ethyl adjacent to an activating group) is 1. The number of methoxy groups -OCH3 is 1. The number of Topliss-reactive ketones (excluding diaryl/α,β-unsaturated/α-hetero) is 1. The van der Waals surface area contributed by atoms with Gasteiger partial charge in [-0.25, -0.2) is 8.78 Å². The molecule has 0 aliphatic rings. The molecule has 0 aliphatic heterocycles. The molecule has 0 aliphatic carbocycles. The Balaban J connectivity index is 3.31. The summed E-state index contributed by atoms with van der Waals surface area (Å²) in [6.45, 7) is -0.175. The number of ether oxygens (including phenoxy) is 1. The average Bonchev–Trinajstić information content (AvgIpc) is 2.24. The Kier molecular flexibility index (Phi) is 3.89. The highest BCUT2D eigenvalue weighted by atomic mass is 19.2. The maximum absolute atomic E-state index is 13.5. The van der Waals surface area contributed by atoms with Crippen LogP contribution in [0.4, 0.5) is 13.2 Å².